The van der Waals surface area contributed by atoms with Crippen molar-refractivity contribution in [1.29, 1.82) is 0 Å². The molecule has 3 heterocycles. The Morgan fingerprint density at radius 2 is 2.09 bits per heavy atom. The molecule has 0 bridgehead atoms. The maximum absolute atomic E-state index is 12.4. The van der Waals surface area contributed by atoms with E-state index in [1.54, 1.807) is 16.7 Å². The Bertz CT molecular complexity index is 725. The third kappa shape index (κ3) is 3.03. The average Bonchev–Trinajstić information content (AvgIpc) is 3.16. The topological polar surface area (TPSA) is 48.6 Å². The second kappa shape index (κ2) is 6.63. The van der Waals surface area contributed by atoms with Crippen LogP contribution in [0.5, 0.6) is 5.75 Å². The number of aryl methyl sites for hydroxylation is 1. The lowest BCUT2D eigenvalue weighted by Gasteiger charge is -2.31. The average molecular weight is 354 g/mol. The first-order valence-electron chi connectivity index (χ1n) is 7.63. The third-order valence-electron chi connectivity index (χ3n) is 4.43. The van der Waals surface area contributed by atoms with Crippen LogP contribution in [0.2, 0.25) is 0 Å². The van der Waals surface area contributed by atoms with Crippen molar-refractivity contribution in [2.45, 2.75) is 11.3 Å². The zero-order valence-electron chi connectivity index (χ0n) is 13.0. The number of thioether (sulfide) groups is 1. The summed E-state index contributed by atoms with van der Waals surface area (Å²) in [5, 5.41) is 1.25. The van der Waals surface area contributed by atoms with Gasteiger partial charge in [-0.25, -0.2) is 4.79 Å². The van der Waals surface area contributed by atoms with Gasteiger partial charge in [0.25, 0.3) is 0 Å². The Kier molecular flexibility index (Phi) is 4.75. The third-order valence-corrected chi connectivity index (χ3v) is 5.58. The highest BCUT2D eigenvalue weighted by atomic mass is 35.5. The zero-order chi connectivity index (χ0) is 15.1. The predicted molar refractivity (Wildman–Crippen MR) is 95.1 cm³/mol. The molecule has 7 heteroatoms. The summed E-state index contributed by atoms with van der Waals surface area (Å²) in [4.78, 5) is 20.8. The summed E-state index contributed by atoms with van der Waals surface area (Å²) in [5.41, 5.74) is 2.35. The number of rotatable bonds is 1. The van der Waals surface area contributed by atoms with Crippen LogP contribution >= 0.6 is 24.2 Å². The molecule has 23 heavy (non-hydrogen) atoms. The largest absolute Gasteiger partial charge is 0.415 e. The van der Waals surface area contributed by atoms with E-state index in [9.17, 15) is 4.79 Å². The molecule has 2 aliphatic heterocycles. The zero-order valence-corrected chi connectivity index (χ0v) is 14.6. The molecule has 0 atom stereocenters. The van der Waals surface area contributed by atoms with Crippen LogP contribution in [0.1, 0.15) is 5.56 Å². The minimum Gasteiger partial charge on any atom is -0.409 e. The maximum Gasteiger partial charge on any atom is 0.415 e. The van der Waals surface area contributed by atoms with Gasteiger partial charge in [-0.3, -0.25) is 0 Å². The molecule has 1 amide bonds. The van der Waals surface area contributed by atoms with Crippen molar-refractivity contribution in [2.24, 2.45) is 0 Å². The van der Waals surface area contributed by atoms with Crippen LogP contribution in [0.3, 0.4) is 0 Å². The second-order valence-corrected chi connectivity index (χ2v) is 6.98. The van der Waals surface area contributed by atoms with Crippen molar-refractivity contribution in [3.05, 3.63) is 23.9 Å². The van der Waals surface area contributed by atoms with Gasteiger partial charge in [-0.2, -0.15) is 0 Å². The van der Waals surface area contributed by atoms with Gasteiger partial charge < -0.3 is 19.5 Å². The van der Waals surface area contributed by atoms with E-state index < -0.39 is 0 Å². The minimum absolute atomic E-state index is 0. The first kappa shape index (κ1) is 16.5. The molecule has 124 valence electrons. The van der Waals surface area contributed by atoms with E-state index in [1.807, 2.05) is 12.3 Å². The van der Waals surface area contributed by atoms with E-state index in [1.165, 1.54) is 10.9 Å². The van der Waals surface area contributed by atoms with Gasteiger partial charge in [-0.1, -0.05) is 0 Å². The highest BCUT2D eigenvalue weighted by Crippen LogP contribution is 2.43. The van der Waals surface area contributed by atoms with E-state index in [-0.39, 0.29) is 18.5 Å². The first-order valence-corrected chi connectivity index (χ1v) is 8.62. The fraction of sp³-hybridized carbons (Fsp3) is 0.438. The number of H-pyrrole nitrogens is 1. The fourth-order valence-corrected chi connectivity index (χ4v) is 4.26. The Labute approximate surface area is 145 Å². The van der Waals surface area contributed by atoms with Crippen LogP contribution in [-0.4, -0.2) is 59.9 Å². The minimum atomic E-state index is -0.228. The summed E-state index contributed by atoms with van der Waals surface area (Å²) >= 11 is 1.78. The smallest absolute Gasteiger partial charge is 0.409 e. The van der Waals surface area contributed by atoms with Crippen LogP contribution in [-0.2, 0) is 6.42 Å². The molecule has 1 saturated heterocycles. The number of halogens is 1. The number of amides is 1. The van der Waals surface area contributed by atoms with Crippen LogP contribution in [0.4, 0.5) is 4.79 Å². The van der Waals surface area contributed by atoms with Crippen LogP contribution in [0.15, 0.2) is 23.2 Å². The molecule has 2 aromatic rings. The Hall–Kier alpha value is -1.37. The lowest BCUT2D eigenvalue weighted by molar-refractivity contribution is 0.120. The summed E-state index contributed by atoms with van der Waals surface area (Å²) < 4.78 is 5.74. The van der Waals surface area contributed by atoms with Gasteiger partial charge in [0.05, 0.1) is 4.90 Å². The molecule has 1 fully saturated rings. The molecule has 0 spiro atoms. The Morgan fingerprint density at radius 3 is 2.87 bits per heavy atom. The number of carbonyl (C=O) groups is 1. The van der Waals surface area contributed by atoms with Crippen molar-refractivity contribution in [1.82, 2.24) is 14.8 Å². The molecule has 4 rings (SSSR count). The number of hydrogen-bond donors (Lipinski definition) is 1. The van der Waals surface area contributed by atoms with Gasteiger partial charge in [0, 0.05) is 55.1 Å². The summed E-state index contributed by atoms with van der Waals surface area (Å²) in [6.45, 7) is 3.26. The van der Waals surface area contributed by atoms with E-state index >= 15 is 0 Å². The SMILES string of the molecule is CN1CCN(C(=O)Oc2cc3[nH]ccc3c3c2SCC3)CC1.Cl. The molecule has 0 saturated carbocycles. The number of hydrogen-bond acceptors (Lipinski definition) is 4. The summed E-state index contributed by atoms with van der Waals surface area (Å²) in [6.07, 6.45) is 2.75. The van der Waals surface area contributed by atoms with E-state index in [0.717, 1.165) is 48.8 Å². The lowest BCUT2D eigenvalue weighted by atomic mass is 10.1. The number of nitrogens with one attached hydrogen (secondary N) is 1. The number of fused-ring (bicyclic) bond motifs is 3. The Morgan fingerprint density at radius 1 is 1.30 bits per heavy atom. The molecule has 2 aliphatic rings. The van der Waals surface area contributed by atoms with Crippen molar-refractivity contribution in [3.8, 4) is 5.75 Å². The van der Waals surface area contributed by atoms with Crippen molar-refractivity contribution in [2.75, 3.05) is 39.0 Å². The molecular formula is C16H20ClN3O2S. The summed E-state index contributed by atoms with van der Waals surface area (Å²) in [7, 11) is 2.07. The molecule has 1 aromatic carbocycles. The number of ether oxygens (including phenoxy) is 1. The van der Waals surface area contributed by atoms with Gasteiger partial charge in [0.2, 0.25) is 0 Å². The molecule has 0 aliphatic carbocycles. The summed E-state index contributed by atoms with van der Waals surface area (Å²) in [6, 6.07) is 4.06. The van der Waals surface area contributed by atoms with Crippen LogP contribution < -0.4 is 4.74 Å². The predicted octanol–water partition coefficient (Wildman–Crippen LogP) is 2.98. The van der Waals surface area contributed by atoms with Crippen LogP contribution in [0, 0.1) is 0 Å². The molecule has 0 radical (unpaired) electrons. The number of nitrogens with zero attached hydrogens (tertiary/aromatic N) is 2. The van der Waals surface area contributed by atoms with E-state index in [4.69, 9.17) is 4.74 Å². The monoisotopic (exact) mass is 353 g/mol. The van der Waals surface area contributed by atoms with E-state index in [0.29, 0.717) is 5.75 Å². The normalized spacial score (nSPS) is 17.9. The molecular weight excluding hydrogens is 334 g/mol. The first-order chi connectivity index (χ1) is 10.7. The van der Waals surface area contributed by atoms with Gasteiger partial charge in [-0.15, -0.1) is 24.2 Å². The quantitative estimate of drug-likeness (QED) is 0.856. The molecule has 0 unspecified atom stereocenters. The highest BCUT2D eigenvalue weighted by Gasteiger charge is 2.25. The number of piperazine rings is 1. The highest BCUT2D eigenvalue weighted by molar-refractivity contribution is 7.99. The second-order valence-electron chi connectivity index (χ2n) is 5.88. The lowest BCUT2D eigenvalue weighted by Crippen LogP contribution is -2.48. The van der Waals surface area contributed by atoms with E-state index in [2.05, 4.69) is 23.0 Å². The molecule has 1 N–H and O–H groups in total. The van der Waals surface area contributed by atoms with Crippen molar-refractivity contribution >= 4 is 41.2 Å². The number of likely N-dealkylation sites (N-methyl/N-ethyl adjacent to an activating group) is 1. The number of aromatic amines is 1. The summed E-state index contributed by atoms with van der Waals surface area (Å²) in [5.74, 6) is 1.76. The standard InChI is InChI=1S/C16H19N3O2S.ClH/c1-18-5-7-19(8-6-18)16(20)21-14-10-13-11(2-4-17-13)12-3-9-22-15(12)14;/h2,4,10,17H,3,5-9H2,1H3;1H. The molecule has 1 aromatic heterocycles. The van der Waals surface area contributed by atoms with Gasteiger partial charge in [0.15, 0.2) is 0 Å². The number of aromatic nitrogens is 1. The van der Waals surface area contributed by atoms with Crippen molar-refractivity contribution in [3.63, 3.8) is 0 Å². The van der Waals surface area contributed by atoms with Gasteiger partial charge in [0.1, 0.15) is 5.75 Å². The Balaban J connectivity index is 0.00000156. The maximum atomic E-state index is 12.4. The van der Waals surface area contributed by atoms with Crippen LogP contribution in [0.25, 0.3) is 10.9 Å². The van der Waals surface area contributed by atoms with Crippen molar-refractivity contribution < 1.29 is 9.53 Å². The molecule has 5 nitrogen and oxygen atoms in total. The number of benzene rings is 1. The number of carbonyl (C=O) groups excluding carboxylic acids is 1. The van der Waals surface area contributed by atoms with Gasteiger partial charge in [-0.05, 0) is 25.1 Å². The fourth-order valence-electron chi connectivity index (χ4n) is 3.12. The van der Waals surface area contributed by atoms with Gasteiger partial charge >= 0.3 is 6.09 Å².